The molecule has 7 heteroatoms. The fraction of sp³-hybridized carbons (Fsp3) is 0.353. The summed E-state index contributed by atoms with van der Waals surface area (Å²) in [5.74, 6) is 0.239. The van der Waals surface area contributed by atoms with Crippen LogP contribution in [0.15, 0.2) is 29.1 Å². The number of methoxy groups -OCH3 is 1. The average Bonchev–Trinajstić information content (AvgIpc) is 2.56. The van der Waals surface area contributed by atoms with Crippen LogP contribution >= 0.6 is 11.6 Å². The summed E-state index contributed by atoms with van der Waals surface area (Å²) >= 11 is 5.98. The van der Waals surface area contributed by atoms with Gasteiger partial charge in [0.05, 0.1) is 18.4 Å². The molecule has 1 aliphatic carbocycles. The molecule has 1 atom stereocenters. The van der Waals surface area contributed by atoms with E-state index in [-0.39, 0.29) is 17.5 Å². The number of aryl methyl sites for hydroxylation is 2. The minimum atomic E-state index is -0.236. The highest BCUT2D eigenvalue weighted by molar-refractivity contribution is 6.31. The van der Waals surface area contributed by atoms with Gasteiger partial charge in [0.2, 0.25) is 0 Å². The zero-order chi connectivity index (χ0) is 17.3. The van der Waals surface area contributed by atoms with Crippen LogP contribution in [0.5, 0.6) is 5.75 Å². The van der Waals surface area contributed by atoms with E-state index in [2.05, 4.69) is 10.4 Å². The lowest BCUT2D eigenvalue weighted by molar-refractivity contribution is 0.0930. The van der Waals surface area contributed by atoms with Gasteiger partial charge in [-0.15, -0.1) is 0 Å². The predicted octanol–water partition coefficient (Wildman–Crippen LogP) is 1.73. The van der Waals surface area contributed by atoms with Crippen LogP contribution in [0.25, 0.3) is 0 Å². The maximum atomic E-state index is 12.5. The summed E-state index contributed by atoms with van der Waals surface area (Å²) in [6, 6.07) is 6.48. The van der Waals surface area contributed by atoms with Crippen molar-refractivity contribution in [1.29, 1.82) is 0 Å². The molecule has 0 saturated heterocycles. The fourth-order valence-electron chi connectivity index (χ4n) is 2.93. The normalized spacial score (nSPS) is 16.4. The van der Waals surface area contributed by atoms with E-state index in [1.165, 1.54) is 11.8 Å². The van der Waals surface area contributed by atoms with Crippen LogP contribution in [0.4, 0.5) is 0 Å². The second-order valence-electron chi connectivity index (χ2n) is 5.84. The van der Waals surface area contributed by atoms with Gasteiger partial charge < -0.3 is 10.1 Å². The summed E-state index contributed by atoms with van der Waals surface area (Å²) in [5.41, 5.74) is 2.07. The minimum Gasteiger partial charge on any atom is -0.496 e. The van der Waals surface area contributed by atoms with Crippen molar-refractivity contribution in [2.75, 3.05) is 7.11 Å². The van der Waals surface area contributed by atoms with Crippen molar-refractivity contribution in [3.63, 3.8) is 0 Å². The van der Waals surface area contributed by atoms with Gasteiger partial charge in [-0.2, -0.15) is 5.10 Å². The third-order valence-electron chi connectivity index (χ3n) is 4.20. The highest BCUT2D eigenvalue weighted by Gasteiger charge is 2.23. The molecule has 0 bridgehead atoms. The lowest BCUT2D eigenvalue weighted by Crippen LogP contribution is -2.40. The number of nitrogens with one attached hydrogen (secondary N) is 1. The number of hydrogen-bond acceptors (Lipinski definition) is 4. The van der Waals surface area contributed by atoms with Crippen molar-refractivity contribution in [1.82, 2.24) is 15.1 Å². The molecule has 0 saturated carbocycles. The average molecular weight is 348 g/mol. The van der Waals surface area contributed by atoms with Crippen LogP contribution in [0, 0.1) is 0 Å². The van der Waals surface area contributed by atoms with Crippen LogP contribution < -0.4 is 15.6 Å². The fourth-order valence-corrected chi connectivity index (χ4v) is 3.10. The van der Waals surface area contributed by atoms with Crippen LogP contribution in [-0.2, 0) is 19.9 Å². The second-order valence-corrected chi connectivity index (χ2v) is 6.27. The largest absolute Gasteiger partial charge is 0.496 e. The topological polar surface area (TPSA) is 73.2 Å². The Morgan fingerprint density at radius 2 is 2.21 bits per heavy atom. The van der Waals surface area contributed by atoms with Crippen LogP contribution in [0.2, 0.25) is 5.02 Å². The summed E-state index contributed by atoms with van der Waals surface area (Å²) in [6.07, 6.45) is 2.08. The van der Waals surface area contributed by atoms with E-state index >= 15 is 0 Å². The third-order valence-corrected chi connectivity index (χ3v) is 4.43. The molecule has 1 aliphatic rings. The van der Waals surface area contributed by atoms with Gasteiger partial charge in [-0.25, -0.2) is 4.68 Å². The maximum absolute atomic E-state index is 12.5. The Morgan fingerprint density at radius 3 is 2.96 bits per heavy atom. The molecular weight excluding hydrogens is 330 g/mol. The lowest BCUT2D eigenvalue weighted by atomic mass is 9.92. The van der Waals surface area contributed by atoms with Gasteiger partial charge in [0, 0.05) is 24.2 Å². The van der Waals surface area contributed by atoms with E-state index in [0.29, 0.717) is 22.8 Å². The third kappa shape index (κ3) is 3.28. The molecule has 0 fully saturated rings. The Bertz CT molecular complexity index is 847. The lowest BCUT2D eigenvalue weighted by Gasteiger charge is -2.25. The van der Waals surface area contributed by atoms with Crippen LogP contribution in [0.3, 0.4) is 0 Å². The Hall–Kier alpha value is -2.34. The number of halogens is 1. The van der Waals surface area contributed by atoms with Gasteiger partial charge in [-0.05, 0) is 43.0 Å². The van der Waals surface area contributed by atoms with E-state index in [1.54, 1.807) is 31.3 Å². The Kier molecular flexibility index (Phi) is 4.57. The Morgan fingerprint density at radius 1 is 1.42 bits per heavy atom. The Labute approximate surface area is 144 Å². The van der Waals surface area contributed by atoms with E-state index in [9.17, 15) is 9.59 Å². The summed E-state index contributed by atoms with van der Waals surface area (Å²) < 4.78 is 6.56. The maximum Gasteiger partial charge on any atom is 0.266 e. The molecule has 1 N–H and O–H groups in total. The summed E-state index contributed by atoms with van der Waals surface area (Å²) in [4.78, 5) is 24.3. The number of carbonyl (C=O) groups is 1. The van der Waals surface area contributed by atoms with Crippen molar-refractivity contribution < 1.29 is 9.53 Å². The van der Waals surface area contributed by atoms with E-state index in [1.807, 2.05) is 0 Å². The zero-order valence-electron chi connectivity index (χ0n) is 13.5. The molecule has 0 unspecified atom stereocenters. The first-order valence-electron chi connectivity index (χ1n) is 7.68. The van der Waals surface area contributed by atoms with Crippen molar-refractivity contribution in [3.05, 3.63) is 56.5 Å². The number of fused-ring (bicyclic) bond motifs is 1. The quantitative estimate of drug-likeness (QED) is 0.917. The molecule has 1 amide bonds. The summed E-state index contributed by atoms with van der Waals surface area (Å²) in [5, 5.41) is 7.75. The Balaban J connectivity index is 1.78. The molecule has 3 rings (SSSR count). The van der Waals surface area contributed by atoms with Gasteiger partial charge in [-0.1, -0.05) is 11.6 Å². The smallest absolute Gasteiger partial charge is 0.266 e. The molecule has 2 aromatic rings. The zero-order valence-corrected chi connectivity index (χ0v) is 14.3. The highest BCUT2D eigenvalue weighted by atomic mass is 35.5. The molecule has 0 aliphatic heterocycles. The SMILES string of the molecule is COc1ccc(Cl)cc1C(=O)N[C@@H]1CCc2nn(C)c(=O)cc2C1. The number of aromatic nitrogens is 2. The molecule has 1 aromatic heterocycles. The molecule has 6 nitrogen and oxygen atoms in total. The van der Waals surface area contributed by atoms with Crippen LogP contribution in [0.1, 0.15) is 28.0 Å². The van der Waals surface area contributed by atoms with E-state index in [4.69, 9.17) is 16.3 Å². The van der Waals surface area contributed by atoms with Gasteiger partial charge in [0.15, 0.2) is 0 Å². The molecule has 24 heavy (non-hydrogen) atoms. The van der Waals surface area contributed by atoms with Crippen molar-refractivity contribution >= 4 is 17.5 Å². The number of hydrogen-bond donors (Lipinski definition) is 1. The number of ether oxygens (including phenoxy) is 1. The number of carbonyl (C=O) groups excluding carboxylic acids is 1. The molecule has 1 heterocycles. The number of nitrogens with zero attached hydrogens (tertiary/aromatic N) is 2. The molecular formula is C17H18ClN3O3. The molecule has 1 aromatic carbocycles. The molecule has 126 valence electrons. The minimum absolute atomic E-state index is 0.0532. The van der Waals surface area contributed by atoms with E-state index in [0.717, 1.165) is 24.1 Å². The second kappa shape index (κ2) is 6.65. The highest BCUT2D eigenvalue weighted by Crippen LogP contribution is 2.24. The first-order valence-corrected chi connectivity index (χ1v) is 8.06. The van der Waals surface area contributed by atoms with Crippen LogP contribution in [-0.4, -0.2) is 28.8 Å². The van der Waals surface area contributed by atoms with Crippen molar-refractivity contribution in [2.45, 2.75) is 25.3 Å². The molecule has 0 spiro atoms. The van der Waals surface area contributed by atoms with Gasteiger partial charge in [-0.3, -0.25) is 9.59 Å². The van der Waals surface area contributed by atoms with Gasteiger partial charge >= 0.3 is 0 Å². The first kappa shape index (κ1) is 16.5. The number of amides is 1. The molecule has 0 radical (unpaired) electrons. The van der Waals surface area contributed by atoms with Gasteiger partial charge in [0.1, 0.15) is 5.75 Å². The standard InChI is InChI=1S/C17H18ClN3O3/c1-21-16(22)8-10-7-12(4-5-14(10)20-21)19-17(23)13-9-11(18)3-6-15(13)24-2/h3,6,8-9,12H,4-5,7H2,1-2H3,(H,19,23)/t12-/m1/s1. The summed E-state index contributed by atoms with van der Waals surface area (Å²) in [6.45, 7) is 0. The van der Waals surface area contributed by atoms with Gasteiger partial charge in [0.25, 0.3) is 11.5 Å². The number of benzene rings is 1. The monoisotopic (exact) mass is 347 g/mol. The van der Waals surface area contributed by atoms with Crippen molar-refractivity contribution in [2.24, 2.45) is 7.05 Å². The summed E-state index contributed by atoms with van der Waals surface area (Å²) in [7, 11) is 3.15. The number of rotatable bonds is 3. The first-order chi connectivity index (χ1) is 11.5. The predicted molar refractivity (Wildman–Crippen MR) is 90.8 cm³/mol. The van der Waals surface area contributed by atoms with E-state index < -0.39 is 0 Å². The van der Waals surface area contributed by atoms with Crippen molar-refractivity contribution in [3.8, 4) is 5.75 Å².